The predicted molar refractivity (Wildman–Crippen MR) is 53.3 cm³/mol. The Hall–Kier alpha value is -0.560. The quantitative estimate of drug-likeness (QED) is 0.610. The normalized spacial score (nSPS) is 9.83. The molecule has 0 fully saturated rings. The molecule has 0 unspecified atom stereocenters. The third-order valence-electron chi connectivity index (χ3n) is 1.16. The summed E-state index contributed by atoms with van der Waals surface area (Å²) in [4.78, 5) is 14.2. The lowest BCUT2D eigenvalue weighted by atomic mass is 10.3. The summed E-state index contributed by atoms with van der Waals surface area (Å²) in [7, 11) is 0. The minimum atomic E-state index is -1.13. The van der Waals surface area contributed by atoms with Gasteiger partial charge in [0.25, 0.3) is 0 Å². The van der Waals surface area contributed by atoms with Crippen LogP contribution < -0.4 is 5.73 Å². The van der Waals surface area contributed by atoms with E-state index in [2.05, 4.69) is 4.98 Å². The molecule has 4 nitrogen and oxygen atoms in total. The number of anilines is 1. The number of rotatable bonds is 1. The van der Waals surface area contributed by atoms with Gasteiger partial charge >= 0.3 is 5.97 Å². The average Bonchev–Trinajstić information content (AvgIpc) is 1.96. The molecule has 0 aliphatic heterocycles. The highest BCUT2D eigenvalue weighted by Crippen LogP contribution is 2.21. The van der Waals surface area contributed by atoms with E-state index in [1.54, 1.807) is 0 Å². The minimum absolute atomic E-state index is 0.0883. The molecule has 6 heteroatoms. The maximum atomic E-state index is 10.5. The van der Waals surface area contributed by atoms with E-state index in [1.807, 2.05) is 22.6 Å². The molecule has 0 aromatic carbocycles. The second-order valence-corrected chi connectivity index (χ2v) is 3.47. The van der Waals surface area contributed by atoms with Crippen molar-refractivity contribution in [2.45, 2.75) is 0 Å². The lowest BCUT2D eigenvalue weighted by Gasteiger charge is -2.01. The zero-order valence-corrected chi connectivity index (χ0v) is 8.63. The fraction of sp³-hybridized carbons (Fsp3) is 0. The van der Waals surface area contributed by atoms with Crippen molar-refractivity contribution in [3.05, 3.63) is 20.5 Å². The molecule has 12 heavy (non-hydrogen) atoms. The molecule has 0 saturated carbocycles. The maximum Gasteiger partial charge on any atom is 0.355 e. The van der Waals surface area contributed by atoms with Gasteiger partial charge in [-0.25, -0.2) is 9.78 Å². The van der Waals surface area contributed by atoms with Gasteiger partial charge in [0, 0.05) is 0 Å². The summed E-state index contributed by atoms with van der Waals surface area (Å²) < 4.78 is 0.407. The van der Waals surface area contributed by atoms with Crippen LogP contribution in [-0.4, -0.2) is 16.1 Å². The van der Waals surface area contributed by atoms with Gasteiger partial charge in [0.1, 0.15) is 5.15 Å². The van der Waals surface area contributed by atoms with Crippen molar-refractivity contribution in [1.29, 1.82) is 0 Å². The Balaban J connectivity index is 3.37. The van der Waals surface area contributed by atoms with Gasteiger partial charge in [-0.2, -0.15) is 0 Å². The molecule has 1 rings (SSSR count). The summed E-state index contributed by atoms with van der Waals surface area (Å²) in [5, 5.41) is 8.72. The molecule has 0 amide bonds. The number of carboxylic acids is 1. The van der Waals surface area contributed by atoms with Gasteiger partial charge in [-0.3, -0.25) is 0 Å². The molecule has 64 valence electrons. The Morgan fingerprint density at radius 1 is 1.75 bits per heavy atom. The van der Waals surface area contributed by atoms with Gasteiger partial charge in [0.2, 0.25) is 0 Å². The van der Waals surface area contributed by atoms with Gasteiger partial charge in [0.15, 0.2) is 5.69 Å². The van der Waals surface area contributed by atoms with E-state index in [-0.39, 0.29) is 10.8 Å². The van der Waals surface area contributed by atoms with Gasteiger partial charge < -0.3 is 10.8 Å². The number of pyridine rings is 1. The molecule has 0 aliphatic rings. The Morgan fingerprint density at radius 2 is 2.33 bits per heavy atom. The van der Waals surface area contributed by atoms with Crippen molar-refractivity contribution in [3.8, 4) is 0 Å². The van der Waals surface area contributed by atoms with Gasteiger partial charge in [0.05, 0.1) is 9.26 Å². The van der Waals surface area contributed by atoms with Crippen LogP contribution in [0.25, 0.3) is 0 Å². The van der Waals surface area contributed by atoms with E-state index in [0.717, 1.165) is 0 Å². The summed E-state index contributed by atoms with van der Waals surface area (Å²) in [6.07, 6.45) is 0. The smallest absolute Gasteiger partial charge is 0.355 e. The van der Waals surface area contributed by atoms with Crippen LogP contribution >= 0.6 is 34.2 Å². The summed E-state index contributed by atoms with van der Waals surface area (Å²) in [6, 6.07) is 1.41. The number of nitrogens with zero attached hydrogens (tertiary/aromatic N) is 1. The van der Waals surface area contributed by atoms with E-state index in [0.29, 0.717) is 9.26 Å². The summed E-state index contributed by atoms with van der Waals surface area (Å²) in [6.45, 7) is 0. The van der Waals surface area contributed by atoms with Crippen molar-refractivity contribution in [2.75, 3.05) is 5.73 Å². The van der Waals surface area contributed by atoms with Gasteiger partial charge in [-0.15, -0.1) is 0 Å². The summed E-state index contributed by atoms with van der Waals surface area (Å²) >= 11 is 7.32. The molecule has 3 N–H and O–H groups in total. The van der Waals surface area contributed by atoms with Crippen molar-refractivity contribution in [3.63, 3.8) is 0 Å². The number of hydrogen-bond acceptors (Lipinski definition) is 3. The lowest BCUT2D eigenvalue weighted by molar-refractivity contribution is 0.0689. The standard InChI is InChI=1S/C6H4ClIN2O2/c7-3-1-2(9)4(8)5(10-3)6(11)12/h1H,(H2,9,10)(H,11,12). The second kappa shape index (κ2) is 3.44. The third-order valence-corrected chi connectivity index (χ3v) is 2.48. The SMILES string of the molecule is Nc1cc(Cl)nc(C(=O)O)c1I. The molecule has 0 atom stereocenters. The molecule has 0 radical (unpaired) electrons. The Labute approximate surface area is 86.9 Å². The van der Waals surface area contributed by atoms with Gasteiger partial charge in [-0.05, 0) is 28.7 Å². The number of carboxylic acid groups (broad SMARTS) is 1. The summed E-state index contributed by atoms with van der Waals surface area (Å²) in [5.74, 6) is -1.13. The zero-order chi connectivity index (χ0) is 9.30. The molecule has 0 saturated heterocycles. The number of nitrogens with two attached hydrogens (primary N) is 1. The number of halogens is 2. The molecule has 1 heterocycles. The topological polar surface area (TPSA) is 76.2 Å². The molecular weight excluding hydrogens is 294 g/mol. The molecule has 1 aromatic rings. The second-order valence-electron chi connectivity index (χ2n) is 2.00. The van der Waals surface area contributed by atoms with Crippen LogP contribution in [-0.2, 0) is 0 Å². The van der Waals surface area contributed by atoms with Crippen LogP contribution in [0.15, 0.2) is 6.07 Å². The number of carbonyl (C=O) groups is 1. The Morgan fingerprint density at radius 3 is 2.83 bits per heavy atom. The summed E-state index contributed by atoms with van der Waals surface area (Å²) in [5.41, 5.74) is 5.68. The highest BCUT2D eigenvalue weighted by molar-refractivity contribution is 14.1. The molecule has 0 spiro atoms. The van der Waals surface area contributed by atoms with E-state index in [1.165, 1.54) is 6.07 Å². The van der Waals surface area contributed by atoms with Crippen molar-refractivity contribution >= 4 is 45.8 Å². The number of aromatic carboxylic acids is 1. The van der Waals surface area contributed by atoms with E-state index < -0.39 is 5.97 Å². The molecule has 1 aromatic heterocycles. The van der Waals surface area contributed by atoms with Crippen LogP contribution in [0.1, 0.15) is 10.5 Å². The van der Waals surface area contributed by atoms with E-state index >= 15 is 0 Å². The van der Waals surface area contributed by atoms with Crippen molar-refractivity contribution < 1.29 is 9.90 Å². The first-order chi connectivity index (χ1) is 5.52. The first-order valence-corrected chi connectivity index (χ1v) is 4.33. The fourth-order valence-corrected chi connectivity index (χ4v) is 1.37. The predicted octanol–water partition coefficient (Wildman–Crippen LogP) is 1.62. The monoisotopic (exact) mass is 298 g/mol. The number of hydrogen-bond donors (Lipinski definition) is 2. The Kier molecular flexibility index (Phi) is 2.73. The van der Waals surface area contributed by atoms with E-state index in [9.17, 15) is 4.79 Å². The van der Waals surface area contributed by atoms with Crippen LogP contribution in [0.3, 0.4) is 0 Å². The first kappa shape index (κ1) is 9.53. The lowest BCUT2D eigenvalue weighted by Crippen LogP contribution is -2.06. The van der Waals surface area contributed by atoms with Crippen molar-refractivity contribution in [2.24, 2.45) is 0 Å². The van der Waals surface area contributed by atoms with Crippen molar-refractivity contribution in [1.82, 2.24) is 4.98 Å². The molecule has 0 bridgehead atoms. The molecular formula is C6H4ClIN2O2. The minimum Gasteiger partial charge on any atom is -0.476 e. The van der Waals surface area contributed by atoms with Crippen LogP contribution in [0.5, 0.6) is 0 Å². The largest absolute Gasteiger partial charge is 0.476 e. The van der Waals surface area contributed by atoms with Crippen LogP contribution in [0.4, 0.5) is 5.69 Å². The Bertz CT molecular complexity index is 343. The molecule has 0 aliphatic carbocycles. The highest BCUT2D eigenvalue weighted by atomic mass is 127. The number of nitrogen functional groups attached to an aromatic ring is 1. The number of aromatic nitrogens is 1. The maximum absolute atomic E-state index is 10.5. The van der Waals surface area contributed by atoms with Crippen LogP contribution in [0.2, 0.25) is 5.15 Å². The fourth-order valence-electron chi connectivity index (χ4n) is 0.658. The third kappa shape index (κ3) is 1.78. The van der Waals surface area contributed by atoms with Gasteiger partial charge in [-0.1, -0.05) is 11.6 Å². The first-order valence-electron chi connectivity index (χ1n) is 2.87. The highest BCUT2D eigenvalue weighted by Gasteiger charge is 2.13. The zero-order valence-electron chi connectivity index (χ0n) is 5.71. The average molecular weight is 298 g/mol. The van der Waals surface area contributed by atoms with Crippen LogP contribution in [0, 0.1) is 3.57 Å². The van der Waals surface area contributed by atoms with E-state index in [4.69, 9.17) is 22.4 Å².